The van der Waals surface area contributed by atoms with Gasteiger partial charge < -0.3 is 19.2 Å². The molecule has 0 saturated carbocycles. The van der Waals surface area contributed by atoms with Crippen LogP contribution in [0.3, 0.4) is 0 Å². The number of H-pyrrole nitrogens is 1. The van der Waals surface area contributed by atoms with E-state index in [1.165, 1.54) is 7.11 Å². The van der Waals surface area contributed by atoms with E-state index in [-0.39, 0.29) is 30.1 Å². The number of Topliss-reactive ketones (excluding diaryl/α,β-unsaturated/α-hetero) is 2. The van der Waals surface area contributed by atoms with E-state index in [1.807, 2.05) is 24.3 Å². The van der Waals surface area contributed by atoms with Crippen molar-refractivity contribution in [2.75, 3.05) is 20.3 Å². The molecule has 1 heterocycles. The molecule has 4 aromatic rings. The largest absolute Gasteiger partial charge is 0.480 e. The van der Waals surface area contributed by atoms with Crippen molar-refractivity contribution in [2.24, 2.45) is 0 Å². The lowest BCUT2D eigenvalue weighted by Crippen LogP contribution is -2.30. The van der Waals surface area contributed by atoms with E-state index in [1.54, 1.807) is 48.7 Å². The van der Waals surface area contributed by atoms with Crippen LogP contribution in [0.5, 0.6) is 5.75 Å². The van der Waals surface area contributed by atoms with Crippen LogP contribution in [0.1, 0.15) is 70.0 Å². The lowest BCUT2D eigenvalue weighted by atomic mass is 9.80. The second-order valence-corrected chi connectivity index (χ2v) is 10.2. The Bertz CT molecular complexity index is 1830. The fraction of sp³-hybridized carbons (Fsp3) is 0.222. The van der Waals surface area contributed by atoms with Crippen molar-refractivity contribution in [2.45, 2.75) is 32.6 Å². The molecule has 3 aromatic carbocycles. The number of aromatic nitrogens is 1. The first-order valence-corrected chi connectivity index (χ1v) is 14.4. The molecule has 8 heteroatoms. The summed E-state index contributed by atoms with van der Waals surface area (Å²) in [7, 11) is 1.31. The summed E-state index contributed by atoms with van der Waals surface area (Å²) < 4.78 is 16.1. The van der Waals surface area contributed by atoms with Gasteiger partial charge in [0.15, 0.2) is 0 Å². The monoisotopic (exact) mass is 589 g/mol. The zero-order valence-corrected chi connectivity index (χ0v) is 24.5. The Balaban J connectivity index is 1.49. The Morgan fingerprint density at radius 1 is 0.841 bits per heavy atom. The van der Waals surface area contributed by atoms with Gasteiger partial charge in [0.2, 0.25) is 11.6 Å². The molecule has 0 spiro atoms. The molecule has 0 bridgehead atoms. The summed E-state index contributed by atoms with van der Waals surface area (Å²) in [5, 5.41) is 0.791. The van der Waals surface area contributed by atoms with Gasteiger partial charge in [-0.2, -0.15) is 0 Å². The molecule has 1 aliphatic rings. The van der Waals surface area contributed by atoms with Gasteiger partial charge in [0.05, 0.1) is 24.8 Å². The van der Waals surface area contributed by atoms with Gasteiger partial charge in [-0.1, -0.05) is 68.4 Å². The number of ketones is 2. The van der Waals surface area contributed by atoms with Gasteiger partial charge in [0.25, 0.3) is 0 Å². The molecule has 0 radical (unpaired) electrons. The van der Waals surface area contributed by atoms with Crippen LogP contribution >= 0.6 is 0 Å². The summed E-state index contributed by atoms with van der Waals surface area (Å²) in [6.45, 7) is 2.17. The van der Waals surface area contributed by atoms with Gasteiger partial charge in [-0.3, -0.25) is 9.59 Å². The fourth-order valence-electron chi connectivity index (χ4n) is 5.15. The average Bonchev–Trinajstić information content (AvgIpc) is 3.48. The number of hydrogen-bond acceptors (Lipinski definition) is 7. The lowest BCUT2D eigenvalue weighted by Gasteiger charge is -2.22. The summed E-state index contributed by atoms with van der Waals surface area (Å²) in [5.74, 6) is 2.99. The van der Waals surface area contributed by atoms with Crippen molar-refractivity contribution in [3.63, 3.8) is 0 Å². The predicted octanol–water partition coefficient (Wildman–Crippen LogP) is 6.08. The van der Waals surface area contributed by atoms with E-state index < -0.39 is 23.5 Å². The minimum atomic E-state index is -0.941. The molecule has 1 aromatic heterocycles. The number of carbonyl (C=O) groups is 4. The Labute approximate surface area is 255 Å². The number of ether oxygens (including phenoxy) is 3. The molecule has 44 heavy (non-hydrogen) atoms. The standard InChI is InChI=1S/C36H31NO7/c1-3-4-5-8-20-44-36(41)32-30(27-22-37-28-14-7-6-12-25(27)28)26-13-9-15-29(31(26)33(38)34(32)39)43-21-10-11-23-16-18-24(19-17-23)35(40)42-2/h6-7,9,12-19,22,37H,3-5,8,20-21H2,1-2H3. The van der Waals surface area contributed by atoms with E-state index in [9.17, 15) is 19.2 Å². The molecule has 0 unspecified atom stereocenters. The number of nitrogens with one attached hydrogen (secondary N) is 1. The van der Waals surface area contributed by atoms with Crippen molar-refractivity contribution in [3.8, 4) is 17.6 Å². The molecule has 0 saturated heterocycles. The molecule has 1 N–H and O–H groups in total. The van der Waals surface area contributed by atoms with Crippen LogP contribution in [-0.4, -0.2) is 48.8 Å². The normalized spacial score (nSPS) is 12.4. The van der Waals surface area contributed by atoms with Crippen LogP contribution in [0.4, 0.5) is 0 Å². The first kappa shape index (κ1) is 30.1. The SMILES string of the molecule is CCCCCCOC(=O)C1=C(c2c[nH]c3ccccc23)c2cccc(OCC#Cc3ccc(C(=O)OC)cc3)c2C(=O)C1=O. The number of benzene rings is 3. The second-order valence-electron chi connectivity index (χ2n) is 10.2. The van der Waals surface area contributed by atoms with E-state index in [0.29, 0.717) is 34.2 Å². The Morgan fingerprint density at radius 2 is 1.64 bits per heavy atom. The Kier molecular flexibility index (Phi) is 9.36. The van der Waals surface area contributed by atoms with E-state index in [2.05, 4.69) is 23.7 Å². The summed E-state index contributed by atoms with van der Waals surface area (Å²) in [6, 6.07) is 19.1. The predicted molar refractivity (Wildman–Crippen MR) is 165 cm³/mol. The molecular weight excluding hydrogens is 558 g/mol. The fourth-order valence-corrected chi connectivity index (χ4v) is 5.15. The summed E-state index contributed by atoms with van der Waals surface area (Å²) >= 11 is 0. The third kappa shape index (κ3) is 6.18. The van der Waals surface area contributed by atoms with Crippen molar-refractivity contribution in [1.29, 1.82) is 0 Å². The summed E-state index contributed by atoms with van der Waals surface area (Å²) in [4.78, 5) is 55.4. The van der Waals surface area contributed by atoms with E-state index >= 15 is 0 Å². The molecular formula is C36H31NO7. The molecule has 1 aliphatic carbocycles. The number of unbranched alkanes of at least 4 members (excludes halogenated alkanes) is 3. The third-order valence-corrected chi connectivity index (χ3v) is 7.34. The summed E-state index contributed by atoms with van der Waals surface area (Å²) in [5.41, 5.74) is 3.00. The van der Waals surface area contributed by atoms with Crippen LogP contribution in [0, 0.1) is 11.8 Å². The zero-order valence-electron chi connectivity index (χ0n) is 24.5. The highest BCUT2D eigenvalue weighted by molar-refractivity contribution is 6.58. The Morgan fingerprint density at radius 3 is 2.41 bits per heavy atom. The average molecular weight is 590 g/mol. The second kappa shape index (κ2) is 13.7. The van der Waals surface area contributed by atoms with Gasteiger partial charge in [0.1, 0.15) is 17.9 Å². The maximum Gasteiger partial charge on any atom is 0.342 e. The minimum Gasteiger partial charge on any atom is -0.480 e. The zero-order chi connectivity index (χ0) is 31.1. The van der Waals surface area contributed by atoms with Gasteiger partial charge in [0, 0.05) is 33.8 Å². The molecule has 0 atom stereocenters. The van der Waals surface area contributed by atoms with E-state index in [4.69, 9.17) is 14.2 Å². The highest BCUT2D eigenvalue weighted by atomic mass is 16.5. The number of carbonyl (C=O) groups excluding carboxylic acids is 4. The first-order chi connectivity index (χ1) is 21.4. The van der Waals surface area contributed by atoms with E-state index in [0.717, 1.165) is 30.2 Å². The molecule has 5 rings (SSSR count). The quantitative estimate of drug-likeness (QED) is 0.0785. The van der Waals surface area contributed by atoms with Crippen molar-refractivity contribution < 1.29 is 33.4 Å². The Hall–Kier alpha value is -5.42. The van der Waals surface area contributed by atoms with Crippen LogP contribution in [0.15, 0.2) is 78.5 Å². The highest BCUT2D eigenvalue weighted by Gasteiger charge is 2.40. The third-order valence-electron chi connectivity index (χ3n) is 7.34. The maximum absolute atomic E-state index is 13.6. The number of aromatic amines is 1. The van der Waals surface area contributed by atoms with Crippen LogP contribution in [0.2, 0.25) is 0 Å². The number of hydrogen-bond donors (Lipinski definition) is 1. The van der Waals surface area contributed by atoms with Crippen molar-refractivity contribution >= 4 is 40.0 Å². The number of methoxy groups -OCH3 is 1. The van der Waals surface area contributed by atoms with Crippen LogP contribution in [0.25, 0.3) is 16.5 Å². The van der Waals surface area contributed by atoms with Gasteiger partial charge in [-0.05, 0) is 48.4 Å². The first-order valence-electron chi connectivity index (χ1n) is 14.4. The number of fused-ring (bicyclic) bond motifs is 2. The highest BCUT2D eigenvalue weighted by Crippen LogP contribution is 2.41. The summed E-state index contributed by atoms with van der Waals surface area (Å²) in [6.07, 6.45) is 5.35. The van der Waals surface area contributed by atoms with Gasteiger partial charge in [-0.15, -0.1) is 0 Å². The van der Waals surface area contributed by atoms with Crippen LogP contribution < -0.4 is 4.74 Å². The number of rotatable bonds is 10. The maximum atomic E-state index is 13.6. The topological polar surface area (TPSA) is 112 Å². The molecule has 8 nitrogen and oxygen atoms in total. The molecule has 0 amide bonds. The lowest BCUT2D eigenvalue weighted by molar-refractivity contribution is -0.140. The van der Waals surface area contributed by atoms with Crippen LogP contribution in [-0.2, 0) is 19.1 Å². The number of esters is 2. The van der Waals surface area contributed by atoms with Gasteiger partial charge >= 0.3 is 11.9 Å². The number of para-hydroxylation sites is 1. The minimum absolute atomic E-state index is 0.0708. The van der Waals surface area contributed by atoms with Gasteiger partial charge in [-0.25, -0.2) is 9.59 Å². The molecule has 222 valence electrons. The molecule has 0 aliphatic heterocycles. The molecule has 0 fully saturated rings. The van der Waals surface area contributed by atoms with Crippen molar-refractivity contribution in [3.05, 3.63) is 106 Å². The van der Waals surface area contributed by atoms with Crippen molar-refractivity contribution in [1.82, 2.24) is 4.98 Å². The smallest absolute Gasteiger partial charge is 0.342 e.